The van der Waals surface area contributed by atoms with Gasteiger partial charge in [-0.15, -0.1) is 0 Å². The summed E-state index contributed by atoms with van der Waals surface area (Å²) in [6.45, 7) is 8.30. The second-order valence-electron chi connectivity index (χ2n) is 6.94. The number of imide groups is 1. The molecule has 0 spiro atoms. The van der Waals surface area contributed by atoms with Crippen LogP contribution in [0.1, 0.15) is 36.8 Å². The highest BCUT2D eigenvalue weighted by molar-refractivity contribution is 6.02. The van der Waals surface area contributed by atoms with E-state index in [1.807, 2.05) is 32.9 Å². The van der Waals surface area contributed by atoms with Gasteiger partial charge in [-0.25, -0.2) is 9.59 Å². The van der Waals surface area contributed by atoms with E-state index in [0.717, 1.165) is 16.3 Å². The molecule has 29 heavy (non-hydrogen) atoms. The van der Waals surface area contributed by atoms with Gasteiger partial charge in [0.1, 0.15) is 11.6 Å². The van der Waals surface area contributed by atoms with Crippen LogP contribution >= 0.6 is 0 Å². The summed E-state index contributed by atoms with van der Waals surface area (Å²) in [5.74, 6) is -1.54. The Bertz CT molecular complexity index is 880. The SMILES string of the molecule is COC[C@@H](C)n1c(C)cc(/C=C(\C#N)C(=O)O[C@@H](C)C(=O)N2CCNC2=O)c1C. The van der Waals surface area contributed by atoms with Gasteiger partial charge in [-0.1, -0.05) is 0 Å². The molecule has 0 unspecified atom stereocenters. The fourth-order valence-electron chi connectivity index (χ4n) is 3.41. The lowest BCUT2D eigenvalue weighted by molar-refractivity contribution is -0.153. The van der Waals surface area contributed by atoms with Gasteiger partial charge in [0, 0.05) is 31.6 Å². The molecular formula is C20H26N4O5. The first kappa shape index (κ1) is 22.2. The van der Waals surface area contributed by atoms with Crippen LogP contribution in [0.25, 0.3) is 6.08 Å². The minimum atomic E-state index is -1.18. The van der Waals surface area contributed by atoms with Crippen molar-refractivity contribution in [3.63, 3.8) is 0 Å². The van der Waals surface area contributed by atoms with Gasteiger partial charge < -0.3 is 19.4 Å². The van der Waals surface area contributed by atoms with Crippen molar-refractivity contribution >= 4 is 24.0 Å². The van der Waals surface area contributed by atoms with Crippen molar-refractivity contribution in [1.82, 2.24) is 14.8 Å². The summed E-state index contributed by atoms with van der Waals surface area (Å²) < 4.78 is 12.4. The zero-order valence-electron chi connectivity index (χ0n) is 17.3. The van der Waals surface area contributed by atoms with Gasteiger partial charge in [-0.2, -0.15) is 5.26 Å². The topological polar surface area (TPSA) is 114 Å². The van der Waals surface area contributed by atoms with Gasteiger partial charge in [0.2, 0.25) is 0 Å². The number of nitriles is 1. The van der Waals surface area contributed by atoms with Gasteiger partial charge in [0.15, 0.2) is 6.10 Å². The molecule has 0 radical (unpaired) electrons. The highest BCUT2D eigenvalue weighted by atomic mass is 16.5. The molecule has 3 amide bonds. The molecule has 0 bridgehead atoms. The zero-order chi connectivity index (χ0) is 21.7. The number of carbonyl (C=O) groups excluding carboxylic acids is 3. The molecule has 0 aromatic carbocycles. The van der Waals surface area contributed by atoms with E-state index < -0.39 is 24.0 Å². The molecule has 1 aromatic rings. The van der Waals surface area contributed by atoms with Gasteiger partial charge in [0.05, 0.1) is 12.6 Å². The monoisotopic (exact) mass is 402 g/mol. The Kier molecular flexibility index (Phi) is 7.18. The van der Waals surface area contributed by atoms with Crippen LogP contribution in [-0.4, -0.2) is 60.3 Å². The standard InChI is InChI=1S/C20H26N4O5/c1-12-8-16(14(3)24(12)13(2)11-28-5)9-17(10-21)19(26)29-15(4)18(25)23-7-6-22-20(23)27/h8-9,13,15H,6-7,11H2,1-5H3,(H,22,27)/b17-9+/t13-,15+/m1/s1. The molecule has 2 rings (SSSR count). The van der Waals surface area contributed by atoms with Crippen LogP contribution in [-0.2, 0) is 19.1 Å². The zero-order valence-corrected chi connectivity index (χ0v) is 17.3. The first-order chi connectivity index (χ1) is 13.7. The van der Waals surface area contributed by atoms with E-state index in [4.69, 9.17) is 9.47 Å². The normalized spacial score (nSPS) is 16.2. The van der Waals surface area contributed by atoms with Crippen LogP contribution < -0.4 is 5.32 Å². The molecule has 156 valence electrons. The minimum absolute atomic E-state index is 0.0869. The van der Waals surface area contributed by atoms with Gasteiger partial charge >= 0.3 is 12.0 Å². The van der Waals surface area contributed by atoms with E-state index in [9.17, 15) is 19.6 Å². The maximum atomic E-state index is 12.4. The van der Waals surface area contributed by atoms with Crippen LogP contribution in [0.4, 0.5) is 4.79 Å². The number of urea groups is 1. The third kappa shape index (κ3) is 4.84. The molecule has 1 aromatic heterocycles. The maximum Gasteiger partial charge on any atom is 0.349 e. The molecule has 9 heteroatoms. The number of hydrogen-bond acceptors (Lipinski definition) is 6. The smallest absolute Gasteiger partial charge is 0.349 e. The highest BCUT2D eigenvalue weighted by Crippen LogP contribution is 2.23. The summed E-state index contributed by atoms with van der Waals surface area (Å²) in [6, 6.07) is 3.27. The fourth-order valence-corrected chi connectivity index (χ4v) is 3.41. The maximum absolute atomic E-state index is 12.4. The number of aryl methyl sites for hydroxylation is 1. The van der Waals surface area contributed by atoms with E-state index >= 15 is 0 Å². The molecule has 2 atom stereocenters. The molecule has 1 N–H and O–H groups in total. The Morgan fingerprint density at radius 1 is 1.38 bits per heavy atom. The Labute approximate surface area is 169 Å². The Morgan fingerprint density at radius 2 is 2.07 bits per heavy atom. The van der Waals surface area contributed by atoms with E-state index in [0.29, 0.717) is 18.7 Å². The van der Waals surface area contributed by atoms with Crippen LogP contribution in [0.5, 0.6) is 0 Å². The summed E-state index contributed by atoms with van der Waals surface area (Å²) in [6.07, 6.45) is 0.262. The first-order valence-corrected chi connectivity index (χ1v) is 9.30. The molecule has 1 saturated heterocycles. The number of methoxy groups -OCH3 is 1. The number of aromatic nitrogens is 1. The van der Waals surface area contributed by atoms with E-state index in [1.54, 1.807) is 7.11 Å². The number of carbonyl (C=O) groups is 3. The number of amides is 3. The highest BCUT2D eigenvalue weighted by Gasteiger charge is 2.32. The van der Waals surface area contributed by atoms with E-state index in [-0.39, 0.29) is 18.2 Å². The van der Waals surface area contributed by atoms with E-state index in [2.05, 4.69) is 9.88 Å². The number of esters is 1. The molecule has 9 nitrogen and oxygen atoms in total. The van der Waals surface area contributed by atoms with Crippen LogP contribution in [0, 0.1) is 25.2 Å². The number of nitrogens with zero attached hydrogens (tertiary/aromatic N) is 3. The minimum Gasteiger partial charge on any atom is -0.448 e. The van der Waals surface area contributed by atoms with Crippen LogP contribution in [0.15, 0.2) is 11.6 Å². The average Bonchev–Trinajstić information content (AvgIpc) is 3.21. The number of rotatable bonds is 7. The Morgan fingerprint density at radius 3 is 2.62 bits per heavy atom. The third-order valence-corrected chi connectivity index (χ3v) is 4.77. The van der Waals surface area contributed by atoms with Gasteiger partial charge in [-0.3, -0.25) is 9.69 Å². The first-order valence-electron chi connectivity index (χ1n) is 9.30. The number of ether oxygens (including phenoxy) is 2. The van der Waals surface area contributed by atoms with Crippen LogP contribution in [0.3, 0.4) is 0 Å². The Hall–Kier alpha value is -3.12. The van der Waals surface area contributed by atoms with Crippen molar-refractivity contribution in [3.8, 4) is 6.07 Å². The van der Waals surface area contributed by atoms with Crippen molar-refractivity contribution in [2.24, 2.45) is 0 Å². The van der Waals surface area contributed by atoms with Gasteiger partial charge in [-0.05, 0) is 45.4 Å². The fraction of sp³-hybridized carbons (Fsp3) is 0.500. The predicted octanol–water partition coefficient (Wildman–Crippen LogP) is 1.70. The largest absolute Gasteiger partial charge is 0.448 e. The Balaban J connectivity index is 2.18. The second-order valence-corrected chi connectivity index (χ2v) is 6.94. The molecule has 1 fully saturated rings. The lowest BCUT2D eigenvalue weighted by atomic mass is 10.1. The number of nitrogens with one attached hydrogen (secondary N) is 1. The van der Waals surface area contributed by atoms with E-state index in [1.165, 1.54) is 13.0 Å². The summed E-state index contributed by atoms with van der Waals surface area (Å²) in [4.78, 5) is 37.3. The quantitative estimate of drug-likeness (QED) is 0.422. The average molecular weight is 402 g/mol. The second kappa shape index (κ2) is 9.39. The number of hydrogen-bond donors (Lipinski definition) is 1. The third-order valence-electron chi connectivity index (χ3n) is 4.77. The van der Waals surface area contributed by atoms with Gasteiger partial charge in [0.25, 0.3) is 5.91 Å². The molecule has 2 heterocycles. The predicted molar refractivity (Wildman–Crippen MR) is 105 cm³/mol. The molecule has 1 aliphatic rings. The summed E-state index contributed by atoms with van der Waals surface area (Å²) in [5.41, 5.74) is 2.32. The molecule has 0 aliphatic carbocycles. The molecular weight excluding hydrogens is 376 g/mol. The molecule has 1 aliphatic heterocycles. The molecule has 0 saturated carbocycles. The van der Waals surface area contributed by atoms with Crippen LogP contribution in [0.2, 0.25) is 0 Å². The lowest BCUT2D eigenvalue weighted by Gasteiger charge is -2.18. The summed E-state index contributed by atoms with van der Waals surface area (Å²) in [7, 11) is 1.63. The van der Waals surface area contributed by atoms with Crippen molar-refractivity contribution in [3.05, 3.63) is 28.6 Å². The van der Waals surface area contributed by atoms with Crippen molar-refractivity contribution in [2.45, 2.75) is 39.8 Å². The van der Waals surface area contributed by atoms with Crippen molar-refractivity contribution in [2.75, 3.05) is 26.8 Å². The summed E-state index contributed by atoms with van der Waals surface area (Å²) in [5, 5.41) is 11.9. The lowest BCUT2D eigenvalue weighted by Crippen LogP contribution is -2.41. The van der Waals surface area contributed by atoms with Crippen molar-refractivity contribution < 1.29 is 23.9 Å². The summed E-state index contributed by atoms with van der Waals surface area (Å²) >= 11 is 0. The van der Waals surface area contributed by atoms with Crippen molar-refractivity contribution in [1.29, 1.82) is 5.26 Å².